The average Bonchev–Trinajstić information content (AvgIpc) is 2.94. The molecule has 0 bridgehead atoms. The first kappa shape index (κ1) is 19.3. The van der Waals surface area contributed by atoms with Crippen molar-refractivity contribution in [3.63, 3.8) is 0 Å². The Morgan fingerprint density at radius 2 is 2.00 bits per heavy atom. The van der Waals surface area contributed by atoms with Crippen molar-refractivity contribution in [3.05, 3.63) is 23.3 Å². The van der Waals surface area contributed by atoms with Gasteiger partial charge >= 0.3 is 0 Å². The average molecular weight is 395 g/mol. The van der Waals surface area contributed by atoms with E-state index < -0.39 is 22.6 Å². The molecule has 0 amide bonds. The van der Waals surface area contributed by atoms with Gasteiger partial charge in [0.1, 0.15) is 0 Å². The Bertz CT molecular complexity index is 774. The van der Waals surface area contributed by atoms with Crippen LogP contribution in [-0.4, -0.2) is 34.3 Å². The molecule has 4 aliphatic carbocycles. The summed E-state index contributed by atoms with van der Waals surface area (Å²) in [6.45, 7) is 5.60. The van der Waals surface area contributed by atoms with Crippen molar-refractivity contribution in [2.24, 2.45) is 28.6 Å². The van der Waals surface area contributed by atoms with Crippen LogP contribution < -0.4 is 0 Å². The molecule has 0 aromatic rings. The van der Waals surface area contributed by atoms with Crippen molar-refractivity contribution in [1.29, 1.82) is 0 Å². The quantitative estimate of drug-likeness (QED) is 0.715. The first-order valence-corrected chi connectivity index (χ1v) is 10.5. The zero-order valence-corrected chi connectivity index (χ0v) is 17.0. The fourth-order valence-electron chi connectivity index (χ4n) is 7.11. The third-order valence-electron chi connectivity index (χ3n) is 8.46. The van der Waals surface area contributed by atoms with Crippen LogP contribution in [-0.2, 0) is 9.59 Å². The molecular formula is C22H28ClFO3. The van der Waals surface area contributed by atoms with Gasteiger partial charge in [-0.15, -0.1) is 11.6 Å². The van der Waals surface area contributed by atoms with Gasteiger partial charge in [-0.05, 0) is 68.9 Å². The molecule has 0 radical (unpaired) electrons. The molecule has 0 aromatic heterocycles. The lowest BCUT2D eigenvalue weighted by Crippen LogP contribution is -2.66. The zero-order valence-electron chi connectivity index (χ0n) is 16.2. The molecule has 0 saturated heterocycles. The lowest BCUT2D eigenvalue weighted by atomic mass is 9.45. The van der Waals surface area contributed by atoms with Gasteiger partial charge in [0.2, 0.25) is 0 Å². The van der Waals surface area contributed by atoms with Crippen LogP contribution in [0.2, 0.25) is 0 Å². The molecule has 4 rings (SSSR count). The number of hydrogen-bond acceptors (Lipinski definition) is 3. The van der Waals surface area contributed by atoms with Crippen LogP contribution in [0.5, 0.6) is 0 Å². The molecular weight excluding hydrogens is 367 g/mol. The molecule has 0 unspecified atom stereocenters. The van der Waals surface area contributed by atoms with Crippen LogP contribution >= 0.6 is 11.6 Å². The van der Waals surface area contributed by atoms with Crippen molar-refractivity contribution in [2.45, 2.75) is 64.6 Å². The summed E-state index contributed by atoms with van der Waals surface area (Å²) in [6, 6.07) is 0. The van der Waals surface area contributed by atoms with Crippen molar-refractivity contribution < 1.29 is 19.1 Å². The maximum atomic E-state index is 16.9. The van der Waals surface area contributed by atoms with Gasteiger partial charge in [-0.3, -0.25) is 9.59 Å². The molecule has 3 fully saturated rings. The first-order valence-electron chi connectivity index (χ1n) is 10.00. The Hall–Kier alpha value is -1.00. The van der Waals surface area contributed by atoms with Crippen LogP contribution in [0.25, 0.3) is 0 Å². The second-order valence-corrected chi connectivity index (χ2v) is 9.81. The molecule has 0 aromatic carbocycles. The standard InChI is InChI=1S/C22H28ClFO3/c1-12-9-21(3)13(8-17(12)25)4-5-15-14-6-7-16(18(26)11-23)20(14,2)10-19(27)22(15,21)24/h8-9,14-16,19,27H,4-7,10-11H2,1-3H3/t14-,15-,16+,19-,20-,21-,22-/m0/s1. The minimum absolute atomic E-state index is 0.0156. The normalized spacial score (nSPS) is 48.9. The van der Waals surface area contributed by atoms with Gasteiger partial charge in [0, 0.05) is 17.3 Å². The third kappa shape index (κ3) is 2.29. The summed E-state index contributed by atoms with van der Waals surface area (Å²) in [5.74, 6) is -0.542. The van der Waals surface area contributed by atoms with E-state index in [2.05, 4.69) is 0 Å². The van der Waals surface area contributed by atoms with Gasteiger partial charge in [0.25, 0.3) is 0 Å². The first-order chi connectivity index (χ1) is 12.6. The number of fused-ring (bicyclic) bond motifs is 5. The topological polar surface area (TPSA) is 54.4 Å². The Labute approximate surface area is 165 Å². The molecule has 1 N–H and O–H groups in total. The molecule has 3 nitrogen and oxygen atoms in total. The van der Waals surface area contributed by atoms with Gasteiger partial charge in [0.15, 0.2) is 17.2 Å². The fraction of sp³-hybridized carbons (Fsp3) is 0.727. The van der Waals surface area contributed by atoms with E-state index in [9.17, 15) is 14.7 Å². The fourth-order valence-corrected chi connectivity index (χ4v) is 7.29. The number of hydrogen-bond donors (Lipinski definition) is 1. The van der Waals surface area contributed by atoms with E-state index in [1.807, 2.05) is 13.8 Å². The van der Waals surface area contributed by atoms with E-state index in [0.29, 0.717) is 18.4 Å². The lowest BCUT2D eigenvalue weighted by Gasteiger charge is -2.62. The van der Waals surface area contributed by atoms with Gasteiger partial charge in [-0.2, -0.15) is 0 Å². The minimum Gasteiger partial charge on any atom is -0.390 e. The molecule has 4 aliphatic rings. The monoisotopic (exact) mass is 394 g/mol. The number of rotatable bonds is 2. The van der Waals surface area contributed by atoms with Gasteiger partial charge < -0.3 is 5.11 Å². The Morgan fingerprint density at radius 3 is 2.67 bits per heavy atom. The molecule has 7 atom stereocenters. The van der Waals surface area contributed by atoms with E-state index in [1.54, 1.807) is 19.1 Å². The number of Topliss-reactive ketones (excluding diaryl/α,β-unsaturated/α-hetero) is 1. The lowest BCUT2D eigenvalue weighted by molar-refractivity contribution is -0.195. The number of carbonyl (C=O) groups excluding carboxylic acids is 2. The number of aliphatic hydroxyl groups excluding tert-OH is 1. The van der Waals surface area contributed by atoms with E-state index in [1.165, 1.54) is 0 Å². The van der Waals surface area contributed by atoms with Crippen LogP contribution in [0.4, 0.5) is 4.39 Å². The SMILES string of the molecule is CC1=C[C@@]2(C)C(=CC1=O)CC[C@H]1[C@@H]3CC[C@H](C(=O)CCl)[C@@]3(C)C[C@H](O)[C@@]12F. The van der Waals surface area contributed by atoms with Gasteiger partial charge in [-0.1, -0.05) is 18.6 Å². The number of carbonyl (C=O) groups is 2. The van der Waals surface area contributed by atoms with Crippen LogP contribution in [0.3, 0.4) is 0 Å². The second-order valence-electron chi connectivity index (χ2n) is 9.54. The molecule has 0 spiro atoms. The largest absolute Gasteiger partial charge is 0.390 e. The second kappa shape index (κ2) is 6.00. The highest BCUT2D eigenvalue weighted by atomic mass is 35.5. The number of alkyl halides is 2. The van der Waals surface area contributed by atoms with Crippen molar-refractivity contribution in [2.75, 3.05) is 5.88 Å². The third-order valence-corrected chi connectivity index (χ3v) is 8.72. The molecule has 27 heavy (non-hydrogen) atoms. The maximum Gasteiger partial charge on any atom is 0.181 e. The van der Waals surface area contributed by atoms with Gasteiger partial charge in [0.05, 0.1) is 12.0 Å². The molecule has 0 heterocycles. The van der Waals surface area contributed by atoms with Crippen LogP contribution in [0.15, 0.2) is 23.3 Å². The zero-order chi connectivity index (χ0) is 19.8. The van der Waals surface area contributed by atoms with E-state index in [-0.39, 0.29) is 41.6 Å². The van der Waals surface area contributed by atoms with Crippen LogP contribution in [0, 0.1) is 28.6 Å². The minimum atomic E-state index is -1.82. The van der Waals surface area contributed by atoms with Crippen molar-refractivity contribution >= 4 is 23.2 Å². The van der Waals surface area contributed by atoms with Crippen LogP contribution in [0.1, 0.15) is 52.9 Å². The molecule has 148 valence electrons. The number of halogens is 2. The summed E-state index contributed by atoms with van der Waals surface area (Å²) in [7, 11) is 0. The molecule has 5 heteroatoms. The molecule has 0 aliphatic heterocycles. The van der Waals surface area contributed by atoms with Crippen molar-refractivity contribution in [1.82, 2.24) is 0 Å². The van der Waals surface area contributed by atoms with Gasteiger partial charge in [-0.25, -0.2) is 4.39 Å². The Morgan fingerprint density at radius 1 is 1.30 bits per heavy atom. The van der Waals surface area contributed by atoms with Crippen molar-refractivity contribution in [3.8, 4) is 0 Å². The van der Waals surface area contributed by atoms with E-state index >= 15 is 4.39 Å². The van der Waals surface area contributed by atoms with E-state index in [4.69, 9.17) is 11.6 Å². The number of allylic oxidation sites excluding steroid dienone is 4. The summed E-state index contributed by atoms with van der Waals surface area (Å²) in [4.78, 5) is 24.6. The highest BCUT2D eigenvalue weighted by Crippen LogP contribution is 2.69. The summed E-state index contributed by atoms with van der Waals surface area (Å²) < 4.78 is 16.9. The summed E-state index contributed by atoms with van der Waals surface area (Å²) in [5, 5.41) is 11.1. The Balaban J connectivity index is 1.80. The summed E-state index contributed by atoms with van der Waals surface area (Å²) >= 11 is 5.84. The summed E-state index contributed by atoms with van der Waals surface area (Å²) in [5.41, 5.74) is -1.86. The number of ketones is 2. The van der Waals surface area contributed by atoms with E-state index in [0.717, 1.165) is 18.4 Å². The summed E-state index contributed by atoms with van der Waals surface area (Å²) in [6.07, 6.45) is 5.22. The predicted molar refractivity (Wildman–Crippen MR) is 102 cm³/mol. The Kier molecular flexibility index (Phi) is 4.29. The highest BCUT2D eigenvalue weighted by Gasteiger charge is 2.70. The highest BCUT2D eigenvalue weighted by molar-refractivity contribution is 6.28. The maximum absolute atomic E-state index is 16.9. The predicted octanol–water partition coefficient (Wildman–Crippen LogP) is 4.17. The smallest absolute Gasteiger partial charge is 0.181 e. The molecule has 3 saturated carbocycles. The number of aliphatic hydroxyl groups is 1.